The molecule has 0 aliphatic carbocycles. The predicted molar refractivity (Wildman–Crippen MR) is 79.6 cm³/mol. The van der Waals surface area contributed by atoms with Gasteiger partial charge in [-0.15, -0.1) is 0 Å². The van der Waals surface area contributed by atoms with Crippen molar-refractivity contribution in [3.63, 3.8) is 0 Å². The van der Waals surface area contributed by atoms with Gasteiger partial charge in [0.15, 0.2) is 0 Å². The number of aliphatic carboxylic acids is 2. The third-order valence-corrected chi connectivity index (χ3v) is 3.48. The largest absolute Gasteiger partial charge is 0.481 e. The van der Waals surface area contributed by atoms with E-state index < -0.39 is 17.9 Å². The summed E-state index contributed by atoms with van der Waals surface area (Å²) >= 11 is 0. The van der Waals surface area contributed by atoms with Gasteiger partial charge in [-0.05, 0) is 39.0 Å². The maximum Gasteiger partial charge on any atom is 0.307 e. The highest BCUT2D eigenvalue weighted by Crippen LogP contribution is 2.21. The molecule has 2 N–H and O–H groups in total. The van der Waals surface area contributed by atoms with Crippen LogP contribution >= 0.6 is 0 Å². The lowest BCUT2D eigenvalue weighted by molar-refractivity contribution is -0.149. The van der Waals surface area contributed by atoms with E-state index in [0.717, 1.165) is 24.8 Å². The first-order valence-electron chi connectivity index (χ1n) is 7.05. The van der Waals surface area contributed by atoms with Crippen LogP contribution < -0.4 is 0 Å². The van der Waals surface area contributed by atoms with Crippen LogP contribution in [0.25, 0.3) is 0 Å². The van der Waals surface area contributed by atoms with Crippen molar-refractivity contribution in [3.05, 3.63) is 23.3 Å². The summed E-state index contributed by atoms with van der Waals surface area (Å²) in [5.41, 5.74) is 2.45. The van der Waals surface area contributed by atoms with Gasteiger partial charge in [0.05, 0.1) is 12.3 Å². The summed E-state index contributed by atoms with van der Waals surface area (Å²) in [6.07, 6.45) is 6.59. The summed E-state index contributed by atoms with van der Waals surface area (Å²) < 4.78 is 0. The maximum atomic E-state index is 11.1. The first-order valence-corrected chi connectivity index (χ1v) is 7.05. The molecule has 2 unspecified atom stereocenters. The molecule has 0 aliphatic rings. The van der Waals surface area contributed by atoms with Gasteiger partial charge in [-0.3, -0.25) is 9.59 Å². The number of allylic oxidation sites excluding steroid dienone is 4. The topological polar surface area (TPSA) is 74.6 Å². The highest BCUT2D eigenvalue weighted by atomic mass is 16.4. The van der Waals surface area contributed by atoms with Crippen molar-refractivity contribution in [3.8, 4) is 0 Å². The van der Waals surface area contributed by atoms with E-state index >= 15 is 0 Å². The van der Waals surface area contributed by atoms with E-state index in [-0.39, 0.29) is 12.3 Å². The molecule has 0 fully saturated rings. The Labute approximate surface area is 121 Å². The molecule has 0 bridgehead atoms. The second-order valence-corrected chi connectivity index (χ2v) is 5.36. The van der Waals surface area contributed by atoms with Crippen LogP contribution in [-0.4, -0.2) is 22.2 Å². The molecule has 114 valence electrons. The second-order valence-electron chi connectivity index (χ2n) is 5.36. The van der Waals surface area contributed by atoms with Crippen LogP contribution in [-0.2, 0) is 9.59 Å². The zero-order valence-corrected chi connectivity index (χ0v) is 12.8. The van der Waals surface area contributed by atoms with E-state index in [1.54, 1.807) is 6.92 Å². The smallest absolute Gasteiger partial charge is 0.307 e. The number of carboxylic acid groups (broad SMARTS) is 2. The molecule has 0 rings (SSSR count). The Hall–Kier alpha value is -1.58. The van der Waals surface area contributed by atoms with Gasteiger partial charge >= 0.3 is 11.9 Å². The van der Waals surface area contributed by atoms with E-state index in [0.29, 0.717) is 0 Å². The van der Waals surface area contributed by atoms with Gasteiger partial charge in [0.1, 0.15) is 0 Å². The van der Waals surface area contributed by atoms with Crippen LogP contribution in [0, 0.1) is 11.8 Å². The van der Waals surface area contributed by atoms with E-state index in [4.69, 9.17) is 10.2 Å². The Morgan fingerprint density at radius 3 is 2.20 bits per heavy atom. The van der Waals surface area contributed by atoms with E-state index in [1.165, 1.54) is 5.57 Å². The molecule has 0 radical (unpaired) electrons. The van der Waals surface area contributed by atoms with Crippen molar-refractivity contribution in [1.29, 1.82) is 0 Å². The standard InChI is InChI=1S/C16H26O4/c1-5-11(2)7-6-8-12(3)9-13(4)14(16(19)20)10-15(17)18/h7,9,13-14H,5-6,8,10H2,1-4H3,(H,17,18)(H,19,20). The summed E-state index contributed by atoms with van der Waals surface area (Å²) in [5.74, 6) is -3.27. The van der Waals surface area contributed by atoms with Crippen molar-refractivity contribution in [2.75, 3.05) is 0 Å². The normalized spacial score (nSPS) is 15.8. The fraction of sp³-hybridized carbons (Fsp3) is 0.625. The Kier molecular flexibility index (Phi) is 8.61. The van der Waals surface area contributed by atoms with Crippen LogP contribution in [0.5, 0.6) is 0 Å². The molecular formula is C16H26O4. The molecular weight excluding hydrogens is 256 g/mol. The van der Waals surface area contributed by atoms with Crippen molar-refractivity contribution in [2.45, 2.75) is 53.4 Å². The number of carbonyl (C=O) groups is 2. The minimum absolute atomic E-state index is 0.278. The predicted octanol–water partition coefficient (Wildman–Crippen LogP) is 3.88. The molecule has 0 spiro atoms. The summed E-state index contributed by atoms with van der Waals surface area (Å²) in [6, 6.07) is 0. The van der Waals surface area contributed by atoms with Gasteiger partial charge < -0.3 is 10.2 Å². The van der Waals surface area contributed by atoms with E-state index in [1.807, 2.05) is 13.0 Å². The lowest BCUT2D eigenvalue weighted by Crippen LogP contribution is -2.23. The lowest BCUT2D eigenvalue weighted by Gasteiger charge is -2.16. The highest BCUT2D eigenvalue weighted by molar-refractivity contribution is 5.78. The zero-order chi connectivity index (χ0) is 15.7. The maximum absolute atomic E-state index is 11.1. The molecule has 0 saturated carbocycles. The van der Waals surface area contributed by atoms with Crippen molar-refractivity contribution in [1.82, 2.24) is 0 Å². The van der Waals surface area contributed by atoms with Gasteiger partial charge in [-0.1, -0.05) is 37.1 Å². The minimum atomic E-state index is -1.07. The molecule has 20 heavy (non-hydrogen) atoms. The Bertz CT molecular complexity index is 393. The number of hydrogen-bond donors (Lipinski definition) is 2. The zero-order valence-electron chi connectivity index (χ0n) is 12.8. The lowest BCUT2D eigenvalue weighted by atomic mass is 9.89. The van der Waals surface area contributed by atoms with Gasteiger partial charge in [0, 0.05) is 0 Å². The molecule has 4 nitrogen and oxygen atoms in total. The number of hydrogen-bond acceptors (Lipinski definition) is 2. The average Bonchev–Trinajstić information content (AvgIpc) is 2.34. The molecule has 0 amide bonds. The van der Waals surface area contributed by atoms with Crippen molar-refractivity contribution >= 4 is 11.9 Å². The van der Waals surface area contributed by atoms with Gasteiger partial charge in [0.2, 0.25) is 0 Å². The third-order valence-electron chi connectivity index (χ3n) is 3.48. The fourth-order valence-electron chi connectivity index (χ4n) is 2.03. The third kappa shape index (κ3) is 7.77. The van der Waals surface area contributed by atoms with Gasteiger partial charge in [-0.2, -0.15) is 0 Å². The molecule has 0 saturated heterocycles. The van der Waals surface area contributed by atoms with Crippen molar-refractivity contribution in [2.24, 2.45) is 11.8 Å². The van der Waals surface area contributed by atoms with Crippen LogP contribution in [0.2, 0.25) is 0 Å². The second kappa shape index (κ2) is 9.34. The monoisotopic (exact) mass is 282 g/mol. The molecule has 0 aromatic heterocycles. The van der Waals surface area contributed by atoms with Crippen LogP contribution in [0.4, 0.5) is 0 Å². The van der Waals surface area contributed by atoms with Crippen LogP contribution in [0.1, 0.15) is 53.4 Å². The average molecular weight is 282 g/mol. The highest BCUT2D eigenvalue weighted by Gasteiger charge is 2.25. The summed E-state index contributed by atoms with van der Waals surface area (Å²) in [4.78, 5) is 21.8. The van der Waals surface area contributed by atoms with Gasteiger partial charge in [0.25, 0.3) is 0 Å². The first kappa shape index (κ1) is 18.4. The summed E-state index contributed by atoms with van der Waals surface area (Å²) in [7, 11) is 0. The molecule has 4 heteroatoms. The van der Waals surface area contributed by atoms with Crippen LogP contribution in [0.15, 0.2) is 23.3 Å². The van der Waals surface area contributed by atoms with E-state index in [9.17, 15) is 9.59 Å². The Balaban J connectivity index is 4.58. The molecule has 0 heterocycles. The Morgan fingerprint density at radius 2 is 1.75 bits per heavy atom. The SMILES string of the molecule is CCC(C)=CCCC(C)=CC(C)C(CC(=O)O)C(=O)O. The van der Waals surface area contributed by atoms with Crippen molar-refractivity contribution < 1.29 is 19.8 Å². The molecule has 0 aromatic rings. The summed E-state index contributed by atoms with van der Waals surface area (Å²) in [5, 5.41) is 17.8. The minimum Gasteiger partial charge on any atom is -0.481 e. The van der Waals surface area contributed by atoms with Gasteiger partial charge in [-0.25, -0.2) is 0 Å². The quantitative estimate of drug-likeness (QED) is 0.629. The molecule has 2 atom stereocenters. The van der Waals surface area contributed by atoms with Crippen LogP contribution in [0.3, 0.4) is 0 Å². The molecule has 0 aliphatic heterocycles. The number of carboxylic acids is 2. The summed E-state index contributed by atoms with van der Waals surface area (Å²) in [6.45, 7) is 7.93. The molecule has 0 aromatic carbocycles. The van der Waals surface area contributed by atoms with E-state index in [2.05, 4.69) is 19.9 Å². The first-order chi connectivity index (χ1) is 9.27. The Morgan fingerprint density at radius 1 is 1.15 bits per heavy atom. The fourth-order valence-corrected chi connectivity index (χ4v) is 2.03. The number of rotatable bonds is 9.